The Morgan fingerprint density at radius 1 is 1.07 bits per heavy atom. The molecule has 4 rings (SSSR count). The summed E-state index contributed by atoms with van der Waals surface area (Å²) in [4.78, 5) is 18.4. The van der Waals surface area contributed by atoms with Gasteiger partial charge < -0.3 is 4.74 Å². The summed E-state index contributed by atoms with van der Waals surface area (Å²) in [6.07, 6.45) is 2.30. The van der Waals surface area contributed by atoms with Crippen molar-refractivity contribution in [1.82, 2.24) is 24.7 Å². The lowest BCUT2D eigenvalue weighted by atomic mass is 10.2. The van der Waals surface area contributed by atoms with E-state index in [4.69, 9.17) is 16.3 Å². The molecule has 9 nitrogen and oxygen atoms in total. The molecule has 0 saturated heterocycles. The number of nitrogens with zero attached hydrogens (tertiary/aromatic N) is 6. The molecule has 0 bridgehead atoms. The Balaban J connectivity index is 1.82. The molecule has 30 heavy (non-hydrogen) atoms. The second-order valence-electron chi connectivity index (χ2n) is 5.90. The zero-order valence-corrected chi connectivity index (χ0v) is 17.0. The van der Waals surface area contributed by atoms with Gasteiger partial charge in [-0.15, -0.1) is 10.2 Å². The van der Waals surface area contributed by atoms with Crippen LogP contribution in [-0.4, -0.2) is 36.8 Å². The van der Waals surface area contributed by atoms with Gasteiger partial charge in [0, 0.05) is 10.7 Å². The molecule has 0 N–H and O–H groups in total. The van der Waals surface area contributed by atoms with Crippen LogP contribution in [0, 0.1) is 10.1 Å². The van der Waals surface area contributed by atoms with Crippen LogP contribution in [0.1, 0.15) is 0 Å². The lowest BCUT2D eigenvalue weighted by Crippen LogP contribution is -2.01. The maximum atomic E-state index is 10.8. The second-order valence-corrected chi connectivity index (χ2v) is 7.27. The third-order valence-electron chi connectivity index (χ3n) is 4.07. The van der Waals surface area contributed by atoms with Crippen LogP contribution in [-0.2, 0) is 0 Å². The minimum atomic E-state index is -0.551. The number of nitro groups is 1. The zero-order chi connectivity index (χ0) is 21.1. The summed E-state index contributed by atoms with van der Waals surface area (Å²) in [5.74, 6) is 1.20. The summed E-state index contributed by atoms with van der Waals surface area (Å²) in [6, 6.07) is 14.7. The molecule has 150 valence electrons. The molecule has 0 amide bonds. The Hall–Kier alpha value is -3.50. The first-order chi connectivity index (χ1) is 14.6. The highest BCUT2D eigenvalue weighted by atomic mass is 35.5. The molecule has 2 aromatic heterocycles. The van der Waals surface area contributed by atoms with Crippen LogP contribution < -0.4 is 4.74 Å². The molecule has 0 aliphatic carbocycles. The fraction of sp³-hybridized carbons (Fsp3) is 0.0526. The van der Waals surface area contributed by atoms with Crippen LogP contribution in [0.25, 0.3) is 17.1 Å². The zero-order valence-electron chi connectivity index (χ0n) is 15.5. The molecule has 0 aliphatic rings. The third-order valence-corrected chi connectivity index (χ3v) is 5.17. The molecule has 0 atom stereocenters. The predicted molar refractivity (Wildman–Crippen MR) is 111 cm³/mol. The summed E-state index contributed by atoms with van der Waals surface area (Å²) in [5.41, 5.74) is 1.34. The smallest absolute Gasteiger partial charge is 0.305 e. The summed E-state index contributed by atoms with van der Waals surface area (Å²) >= 11 is 7.18. The summed E-state index contributed by atoms with van der Waals surface area (Å²) in [5, 5.41) is 20.8. The topological polar surface area (TPSA) is 109 Å². The van der Waals surface area contributed by atoms with Crippen molar-refractivity contribution >= 4 is 29.1 Å². The van der Waals surface area contributed by atoms with Crippen LogP contribution in [0.3, 0.4) is 0 Å². The van der Waals surface area contributed by atoms with Crippen molar-refractivity contribution in [3.8, 4) is 22.8 Å². The Labute approximate surface area is 179 Å². The maximum Gasteiger partial charge on any atom is 0.305 e. The Morgan fingerprint density at radius 2 is 1.77 bits per heavy atom. The minimum Gasteiger partial charge on any atom is -0.496 e. The van der Waals surface area contributed by atoms with Gasteiger partial charge in [0.1, 0.15) is 18.1 Å². The lowest BCUT2D eigenvalue weighted by molar-refractivity contribution is -0.385. The number of methoxy groups -OCH3 is 1. The van der Waals surface area contributed by atoms with E-state index in [-0.39, 0.29) is 5.69 Å². The lowest BCUT2D eigenvalue weighted by Gasteiger charge is -2.12. The molecule has 0 unspecified atom stereocenters. The molecular formula is C19H13ClN6O3S. The Kier molecular flexibility index (Phi) is 5.59. The van der Waals surface area contributed by atoms with Crippen molar-refractivity contribution in [2.45, 2.75) is 10.3 Å². The molecule has 0 spiro atoms. The molecular weight excluding hydrogens is 428 g/mol. The Bertz CT molecular complexity index is 1200. The maximum absolute atomic E-state index is 10.8. The van der Waals surface area contributed by atoms with E-state index in [0.717, 1.165) is 35.4 Å². The SMILES string of the molecule is COc1ccccc1-c1nnc(Sc2ncc([N+](=O)[O-])cn2)n1-c1ccc(Cl)cc1. The molecule has 4 aromatic rings. The van der Waals surface area contributed by atoms with Gasteiger partial charge >= 0.3 is 5.69 Å². The fourth-order valence-electron chi connectivity index (χ4n) is 2.70. The average molecular weight is 441 g/mol. The molecule has 0 aliphatic heterocycles. The van der Waals surface area contributed by atoms with E-state index in [1.165, 1.54) is 0 Å². The van der Waals surface area contributed by atoms with E-state index < -0.39 is 4.92 Å². The number of para-hydroxylation sites is 1. The number of benzene rings is 2. The quantitative estimate of drug-likeness (QED) is 0.246. The number of halogens is 1. The predicted octanol–water partition coefficient (Wildman–Crippen LogP) is 4.45. The van der Waals surface area contributed by atoms with Crippen LogP contribution >= 0.6 is 23.4 Å². The summed E-state index contributed by atoms with van der Waals surface area (Å²) in [6.45, 7) is 0. The highest BCUT2D eigenvalue weighted by Crippen LogP contribution is 2.35. The molecule has 11 heteroatoms. The van der Waals surface area contributed by atoms with Gasteiger partial charge in [0.2, 0.25) is 5.16 Å². The number of ether oxygens (including phenoxy) is 1. The summed E-state index contributed by atoms with van der Waals surface area (Å²) in [7, 11) is 1.59. The van der Waals surface area contributed by atoms with Gasteiger partial charge in [0.05, 0.1) is 17.6 Å². The van der Waals surface area contributed by atoms with Gasteiger partial charge in [-0.05, 0) is 48.2 Å². The van der Waals surface area contributed by atoms with Crippen molar-refractivity contribution in [1.29, 1.82) is 0 Å². The molecule has 2 heterocycles. The van der Waals surface area contributed by atoms with Gasteiger partial charge in [-0.2, -0.15) is 0 Å². The Morgan fingerprint density at radius 3 is 2.43 bits per heavy atom. The standard InChI is InChI=1S/C19H13ClN6O3S/c1-29-16-5-3-2-4-15(16)17-23-24-19(25(17)13-8-6-12(20)7-9-13)30-18-21-10-14(11-22-18)26(27)28/h2-11H,1H3. The van der Waals surface area contributed by atoms with Crippen LogP contribution in [0.2, 0.25) is 5.02 Å². The van der Waals surface area contributed by atoms with Crippen molar-refractivity contribution in [3.63, 3.8) is 0 Å². The van der Waals surface area contributed by atoms with Crippen molar-refractivity contribution in [2.24, 2.45) is 0 Å². The normalized spacial score (nSPS) is 10.7. The van der Waals surface area contributed by atoms with E-state index in [2.05, 4.69) is 20.2 Å². The molecule has 0 fully saturated rings. The third kappa shape index (κ3) is 3.95. The van der Waals surface area contributed by atoms with Gasteiger partial charge in [-0.3, -0.25) is 14.7 Å². The van der Waals surface area contributed by atoms with Gasteiger partial charge in [0.15, 0.2) is 11.0 Å². The number of rotatable bonds is 6. The fourth-order valence-corrected chi connectivity index (χ4v) is 3.57. The molecule has 2 aromatic carbocycles. The van der Waals surface area contributed by atoms with Crippen LogP contribution in [0.5, 0.6) is 5.75 Å². The number of aromatic nitrogens is 5. The van der Waals surface area contributed by atoms with E-state index in [1.54, 1.807) is 19.2 Å². The number of hydrogen-bond acceptors (Lipinski definition) is 8. The van der Waals surface area contributed by atoms with Gasteiger partial charge in [-0.25, -0.2) is 9.97 Å². The first-order valence-electron chi connectivity index (χ1n) is 8.56. The van der Waals surface area contributed by atoms with Crippen molar-refractivity contribution in [2.75, 3.05) is 7.11 Å². The van der Waals surface area contributed by atoms with E-state index in [9.17, 15) is 10.1 Å². The van der Waals surface area contributed by atoms with E-state index in [1.807, 2.05) is 41.0 Å². The molecule has 0 saturated carbocycles. The summed E-state index contributed by atoms with van der Waals surface area (Å²) < 4.78 is 7.30. The van der Waals surface area contributed by atoms with Crippen LogP contribution in [0.4, 0.5) is 5.69 Å². The second kappa shape index (κ2) is 8.47. The first kappa shape index (κ1) is 19.8. The van der Waals surface area contributed by atoms with Crippen molar-refractivity contribution < 1.29 is 9.66 Å². The number of hydrogen-bond donors (Lipinski definition) is 0. The van der Waals surface area contributed by atoms with Gasteiger partial charge in [-0.1, -0.05) is 23.7 Å². The first-order valence-corrected chi connectivity index (χ1v) is 9.75. The highest BCUT2D eigenvalue weighted by molar-refractivity contribution is 7.99. The van der Waals surface area contributed by atoms with E-state index in [0.29, 0.717) is 26.9 Å². The van der Waals surface area contributed by atoms with Gasteiger partial charge in [0.25, 0.3) is 0 Å². The van der Waals surface area contributed by atoms with E-state index >= 15 is 0 Å². The molecule has 0 radical (unpaired) electrons. The highest BCUT2D eigenvalue weighted by Gasteiger charge is 2.20. The minimum absolute atomic E-state index is 0.187. The van der Waals surface area contributed by atoms with Crippen LogP contribution in [0.15, 0.2) is 71.2 Å². The van der Waals surface area contributed by atoms with Crippen molar-refractivity contribution in [3.05, 3.63) is 76.1 Å². The monoisotopic (exact) mass is 440 g/mol. The largest absolute Gasteiger partial charge is 0.496 e. The average Bonchev–Trinajstić information content (AvgIpc) is 3.18.